The number of rotatable bonds is 2. The predicted molar refractivity (Wildman–Crippen MR) is 43.4 cm³/mol. The molecule has 0 unspecified atom stereocenters. The largest absolute Gasteiger partial charge is 0.300 e. The second kappa shape index (κ2) is 2.80. The van der Waals surface area contributed by atoms with Crippen molar-refractivity contribution >= 4 is 28.4 Å². The van der Waals surface area contributed by atoms with Crippen LogP contribution < -0.4 is 0 Å². The molecule has 0 aromatic rings. The monoisotopic (exact) mass is 226 g/mol. The minimum atomic E-state index is 0.142. The number of hydrogen-bond acceptors (Lipinski definition) is 1. The Morgan fingerprint density at radius 1 is 1.62 bits per heavy atom. The number of alkyl halides is 1. The van der Waals surface area contributed by atoms with E-state index in [1.165, 1.54) is 0 Å². The minimum Gasteiger partial charge on any atom is -0.300 e. The second-order valence-electron chi connectivity index (χ2n) is 2.60. The maximum absolute atomic E-state index is 10.5. The number of ketones is 1. The fourth-order valence-electron chi connectivity index (χ4n) is 0.592. The first-order valence-corrected chi connectivity index (χ1v) is 3.68. The molecule has 0 aromatic carbocycles. The molecule has 0 atom stereocenters. The Morgan fingerprint density at radius 2 is 2.00 bits per heavy atom. The molecule has 0 saturated carbocycles. The molecule has 0 saturated heterocycles. The van der Waals surface area contributed by atoms with Crippen molar-refractivity contribution in [1.29, 1.82) is 0 Å². The zero-order valence-electron chi connectivity index (χ0n) is 5.49. The summed E-state index contributed by atoms with van der Waals surface area (Å²) in [5.41, 5.74) is 0. The normalized spacial score (nSPS) is 11.5. The van der Waals surface area contributed by atoms with Crippen LogP contribution in [0.1, 0.15) is 27.2 Å². The quantitative estimate of drug-likeness (QED) is 0.521. The van der Waals surface area contributed by atoms with E-state index in [1.54, 1.807) is 6.92 Å². The molecular formula is C6H11IO. The molecule has 0 aliphatic carbocycles. The van der Waals surface area contributed by atoms with Crippen molar-refractivity contribution < 1.29 is 4.79 Å². The van der Waals surface area contributed by atoms with Crippen molar-refractivity contribution in [2.24, 2.45) is 0 Å². The Bertz CT molecular complexity index is 91.2. The molecule has 0 heterocycles. The van der Waals surface area contributed by atoms with Gasteiger partial charge in [-0.3, -0.25) is 4.79 Å². The summed E-state index contributed by atoms with van der Waals surface area (Å²) in [6.07, 6.45) is 0.674. The van der Waals surface area contributed by atoms with Crippen molar-refractivity contribution in [2.75, 3.05) is 0 Å². The van der Waals surface area contributed by atoms with E-state index in [9.17, 15) is 4.79 Å². The Kier molecular flexibility index (Phi) is 2.94. The van der Waals surface area contributed by atoms with Gasteiger partial charge in [0.1, 0.15) is 5.78 Å². The Morgan fingerprint density at radius 3 is 2.00 bits per heavy atom. The van der Waals surface area contributed by atoms with E-state index in [0.717, 1.165) is 0 Å². The van der Waals surface area contributed by atoms with Crippen LogP contribution >= 0.6 is 22.6 Å². The Hall–Kier alpha value is 0.400. The fourth-order valence-corrected chi connectivity index (χ4v) is 1.13. The molecule has 0 rings (SSSR count). The minimum absolute atomic E-state index is 0.142. The lowest BCUT2D eigenvalue weighted by atomic mass is 10.1. The number of hydrogen-bond donors (Lipinski definition) is 0. The summed E-state index contributed by atoms with van der Waals surface area (Å²) >= 11 is 2.27. The first-order chi connectivity index (χ1) is 3.42. The van der Waals surface area contributed by atoms with Gasteiger partial charge in [0.25, 0.3) is 0 Å². The van der Waals surface area contributed by atoms with Crippen molar-refractivity contribution in [3.8, 4) is 0 Å². The van der Waals surface area contributed by atoms with Gasteiger partial charge >= 0.3 is 0 Å². The lowest BCUT2D eigenvalue weighted by Crippen LogP contribution is -2.13. The maximum atomic E-state index is 10.5. The molecule has 0 fully saturated rings. The van der Waals surface area contributed by atoms with Crippen LogP contribution in [0.3, 0.4) is 0 Å². The highest BCUT2D eigenvalue weighted by atomic mass is 127. The molecule has 0 spiro atoms. The van der Waals surface area contributed by atoms with Gasteiger partial charge in [0.2, 0.25) is 0 Å². The van der Waals surface area contributed by atoms with E-state index in [1.807, 2.05) is 0 Å². The van der Waals surface area contributed by atoms with Crippen LogP contribution in [0.15, 0.2) is 0 Å². The zero-order valence-corrected chi connectivity index (χ0v) is 7.65. The zero-order chi connectivity index (χ0) is 6.78. The smallest absolute Gasteiger partial charge is 0.131 e. The van der Waals surface area contributed by atoms with Crippen molar-refractivity contribution in [3.05, 3.63) is 0 Å². The predicted octanol–water partition coefficient (Wildman–Crippen LogP) is 2.18. The van der Waals surface area contributed by atoms with Crippen molar-refractivity contribution in [3.63, 3.8) is 0 Å². The second-order valence-corrected chi connectivity index (χ2v) is 5.52. The third kappa shape index (κ3) is 6.40. The highest BCUT2D eigenvalue weighted by Crippen LogP contribution is 2.20. The van der Waals surface area contributed by atoms with Gasteiger partial charge in [0.15, 0.2) is 0 Å². The molecule has 1 nitrogen and oxygen atoms in total. The first kappa shape index (κ1) is 8.40. The summed E-state index contributed by atoms with van der Waals surface area (Å²) < 4.78 is 0.142. The van der Waals surface area contributed by atoms with Gasteiger partial charge in [-0.2, -0.15) is 0 Å². The van der Waals surface area contributed by atoms with E-state index >= 15 is 0 Å². The summed E-state index contributed by atoms with van der Waals surface area (Å²) in [7, 11) is 0. The lowest BCUT2D eigenvalue weighted by Gasteiger charge is -2.11. The third-order valence-electron chi connectivity index (χ3n) is 0.669. The molecule has 0 aliphatic rings. The van der Waals surface area contributed by atoms with Crippen LogP contribution in [0.5, 0.6) is 0 Å². The van der Waals surface area contributed by atoms with Gasteiger partial charge in [-0.1, -0.05) is 36.4 Å². The average molecular weight is 226 g/mol. The van der Waals surface area contributed by atoms with Crippen LogP contribution in [0.25, 0.3) is 0 Å². The molecular weight excluding hydrogens is 215 g/mol. The molecule has 0 radical (unpaired) electrons. The van der Waals surface area contributed by atoms with Gasteiger partial charge < -0.3 is 0 Å². The molecule has 48 valence electrons. The van der Waals surface area contributed by atoms with E-state index in [4.69, 9.17) is 0 Å². The summed E-state index contributed by atoms with van der Waals surface area (Å²) in [6, 6.07) is 0. The number of Topliss-reactive ketones (excluding diaryl/α,β-unsaturated/α-hetero) is 1. The lowest BCUT2D eigenvalue weighted by molar-refractivity contribution is -0.117. The first-order valence-electron chi connectivity index (χ1n) is 2.60. The van der Waals surface area contributed by atoms with Crippen LogP contribution in [0.4, 0.5) is 0 Å². The van der Waals surface area contributed by atoms with E-state index in [2.05, 4.69) is 36.4 Å². The van der Waals surface area contributed by atoms with Crippen molar-refractivity contribution in [2.45, 2.75) is 30.6 Å². The number of halogens is 1. The Balaban J connectivity index is 3.55. The van der Waals surface area contributed by atoms with Gasteiger partial charge in [0.05, 0.1) is 0 Å². The number of carbonyl (C=O) groups is 1. The molecule has 0 N–H and O–H groups in total. The molecule has 0 amide bonds. The Labute approximate surface area is 64.0 Å². The van der Waals surface area contributed by atoms with Crippen LogP contribution in [-0.2, 0) is 4.79 Å². The molecule has 2 heteroatoms. The third-order valence-corrected chi connectivity index (χ3v) is 1.05. The highest BCUT2D eigenvalue weighted by Gasteiger charge is 2.13. The average Bonchev–Trinajstić information content (AvgIpc) is 1.21. The molecule has 8 heavy (non-hydrogen) atoms. The molecule has 0 aliphatic heterocycles. The molecule has 0 aromatic heterocycles. The van der Waals surface area contributed by atoms with E-state index < -0.39 is 0 Å². The summed E-state index contributed by atoms with van der Waals surface area (Å²) in [6.45, 7) is 5.73. The standard InChI is InChI=1S/C6H11IO/c1-5(8)4-6(2,3)7/h4H2,1-3H3. The highest BCUT2D eigenvalue weighted by molar-refractivity contribution is 14.1. The molecule has 0 bridgehead atoms. The maximum Gasteiger partial charge on any atom is 0.131 e. The summed E-state index contributed by atoms with van der Waals surface area (Å²) in [5, 5.41) is 0. The van der Waals surface area contributed by atoms with Crippen LogP contribution in [0, 0.1) is 0 Å². The summed E-state index contributed by atoms with van der Waals surface area (Å²) in [4.78, 5) is 10.5. The summed E-state index contributed by atoms with van der Waals surface area (Å²) in [5.74, 6) is 0.268. The number of carbonyl (C=O) groups excluding carboxylic acids is 1. The van der Waals surface area contributed by atoms with Gasteiger partial charge in [-0.05, 0) is 6.92 Å². The van der Waals surface area contributed by atoms with Crippen LogP contribution in [-0.4, -0.2) is 9.20 Å². The van der Waals surface area contributed by atoms with E-state index in [0.29, 0.717) is 6.42 Å². The topological polar surface area (TPSA) is 17.1 Å². The van der Waals surface area contributed by atoms with Gasteiger partial charge in [0, 0.05) is 9.84 Å². The fraction of sp³-hybridized carbons (Fsp3) is 0.833. The van der Waals surface area contributed by atoms with Gasteiger partial charge in [-0.25, -0.2) is 0 Å². The van der Waals surface area contributed by atoms with Crippen molar-refractivity contribution in [1.82, 2.24) is 0 Å². The van der Waals surface area contributed by atoms with Crippen LogP contribution in [0.2, 0.25) is 0 Å². The van der Waals surface area contributed by atoms with Gasteiger partial charge in [-0.15, -0.1) is 0 Å². The SMILES string of the molecule is CC(=O)CC(C)(C)I. The van der Waals surface area contributed by atoms with E-state index in [-0.39, 0.29) is 9.20 Å².